The summed E-state index contributed by atoms with van der Waals surface area (Å²) in [5.41, 5.74) is 3.29. The van der Waals surface area contributed by atoms with Gasteiger partial charge in [-0.25, -0.2) is 0 Å². The molecule has 2 aromatic carbocycles. The van der Waals surface area contributed by atoms with Crippen LogP contribution in [0.5, 0.6) is 0 Å². The van der Waals surface area contributed by atoms with Crippen LogP contribution in [0.15, 0.2) is 60.7 Å². The number of halogens is 1. The van der Waals surface area contributed by atoms with Crippen molar-refractivity contribution in [1.29, 1.82) is 0 Å². The molecule has 2 aromatic rings. The number of carbonyl (C=O) groups is 2. The number of rotatable bonds is 11. The molecule has 0 aromatic heterocycles. The predicted molar refractivity (Wildman–Crippen MR) is 140 cm³/mol. The van der Waals surface area contributed by atoms with Crippen molar-refractivity contribution < 1.29 is 24.2 Å². The standard InChI is InChI=1S/C29H34ClNO5/c30-24-13-11-23(12-14-24)22-9-7-21(8-10-22)20-36-27-19-26(32)29(31-15-17-35-18-16-31)25(27)5-3-1-2-4-6-28(33)34/h1,3,7-14,25,27,29H,2,4-6,15-20H2,(H,33,34)/b3-1-/t25-,27-,29+/m0/s1. The zero-order valence-corrected chi connectivity index (χ0v) is 21.2. The molecule has 1 saturated heterocycles. The number of carboxylic acid groups (broad SMARTS) is 1. The molecule has 4 rings (SSSR count). The topological polar surface area (TPSA) is 76.1 Å². The van der Waals surface area contributed by atoms with E-state index in [1.807, 2.05) is 30.3 Å². The Balaban J connectivity index is 1.38. The molecule has 2 fully saturated rings. The van der Waals surface area contributed by atoms with Gasteiger partial charge in [-0.05, 0) is 48.1 Å². The minimum absolute atomic E-state index is 0.0691. The number of aliphatic carboxylic acids is 1. The van der Waals surface area contributed by atoms with Gasteiger partial charge in [-0.15, -0.1) is 0 Å². The summed E-state index contributed by atoms with van der Waals surface area (Å²) >= 11 is 6.00. The largest absolute Gasteiger partial charge is 0.481 e. The zero-order chi connectivity index (χ0) is 25.3. The molecule has 36 heavy (non-hydrogen) atoms. The fourth-order valence-electron chi connectivity index (χ4n) is 5.09. The van der Waals surface area contributed by atoms with Crippen LogP contribution in [-0.4, -0.2) is 60.2 Å². The number of morpholine rings is 1. The summed E-state index contributed by atoms with van der Waals surface area (Å²) in [6.07, 6.45) is 6.65. The molecule has 1 N–H and O–H groups in total. The number of Topliss-reactive ketones (excluding diaryl/α,β-unsaturated/α-hetero) is 1. The van der Waals surface area contributed by atoms with E-state index in [0.717, 1.165) is 47.6 Å². The molecular formula is C29H34ClNO5. The molecule has 7 heteroatoms. The van der Waals surface area contributed by atoms with Crippen LogP contribution in [0.3, 0.4) is 0 Å². The van der Waals surface area contributed by atoms with Gasteiger partial charge in [0.1, 0.15) is 0 Å². The first-order valence-corrected chi connectivity index (χ1v) is 13.1. The van der Waals surface area contributed by atoms with Crippen molar-refractivity contribution in [1.82, 2.24) is 4.90 Å². The highest BCUT2D eigenvalue weighted by Gasteiger charge is 2.45. The van der Waals surface area contributed by atoms with Crippen molar-refractivity contribution in [2.75, 3.05) is 26.3 Å². The van der Waals surface area contributed by atoms with E-state index in [-0.39, 0.29) is 30.3 Å². The second-order valence-corrected chi connectivity index (χ2v) is 9.91. The fourth-order valence-corrected chi connectivity index (χ4v) is 5.21. The minimum Gasteiger partial charge on any atom is -0.481 e. The fraction of sp³-hybridized carbons (Fsp3) is 0.448. The molecule has 2 aliphatic rings. The molecule has 6 nitrogen and oxygen atoms in total. The van der Waals surface area contributed by atoms with Crippen LogP contribution in [0.1, 0.15) is 37.7 Å². The van der Waals surface area contributed by atoms with Crippen molar-refractivity contribution in [2.45, 2.75) is 50.9 Å². The van der Waals surface area contributed by atoms with Gasteiger partial charge in [0, 0.05) is 36.9 Å². The molecule has 1 saturated carbocycles. The van der Waals surface area contributed by atoms with E-state index in [2.05, 4.69) is 35.2 Å². The molecule has 1 aliphatic carbocycles. The van der Waals surface area contributed by atoms with E-state index in [0.29, 0.717) is 32.7 Å². The van der Waals surface area contributed by atoms with Crippen molar-refractivity contribution in [3.8, 4) is 11.1 Å². The van der Waals surface area contributed by atoms with Crippen LogP contribution >= 0.6 is 11.6 Å². The van der Waals surface area contributed by atoms with Crippen LogP contribution in [0.2, 0.25) is 5.02 Å². The van der Waals surface area contributed by atoms with Crippen LogP contribution in [0, 0.1) is 5.92 Å². The number of hydrogen-bond acceptors (Lipinski definition) is 5. The summed E-state index contributed by atoms with van der Waals surface area (Å²) in [7, 11) is 0. The molecule has 1 aliphatic heterocycles. The maximum Gasteiger partial charge on any atom is 0.303 e. The van der Waals surface area contributed by atoms with Gasteiger partial charge in [-0.2, -0.15) is 0 Å². The summed E-state index contributed by atoms with van der Waals surface area (Å²) in [5, 5.41) is 9.54. The lowest BCUT2D eigenvalue weighted by Gasteiger charge is -2.35. The second kappa shape index (κ2) is 13.2. The van der Waals surface area contributed by atoms with Crippen LogP contribution < -0.4 is 0 Å². The second-order valence-electron chi connectivity index (χ2n) is 9.47. The van der Waals surface area contributed by atoms with Crippen LogP contribution in [-0.2, 0) is 25.7 Å². The van der Waals surface area contributed by atoms with Gasteiger partial charge < -0.3 is 14.6 Å². The molecule has 0 radical (unpaired) electrons. The maximum atomic E-state index is 13.1. The molecule has 3 atom stereocenters. The Morgan fingerprint density at radius 2 is 1.72 bits per heavy atom. The Bertz CT molecular complexity index is 1030. The summed E-state index contributed by atoms with van der Waals surface area (Å²) in [5.74, 6) is -0.462. The lowest BCUT2D eigenvalue weighted by molar-refractivity contribution is -0.137. The monoisotopic (exact) mass is 511 g/mol. The molecule has 0 bridgehead atoms. The van der Waals surface area contributed by atoms with Crippen LogP contribution in [0.25, 0.3) is 11.1 Å². The Morgan fingerprint density at radius 3 is 2.39 bits per heavy atom. The minimum atomic E-state index is -0.771. The van der Waals surface area contributed by atoms with Gasteiger partial charge in [0.05, 0.1) is 32.0 Å². The third-order valence-electron chi connectivity index (χ3n) is 6.99. The van der Waals surface area contributed by atoms with E-state index in [9.17, 15) is 9.59 Å². The quantitative estimate of drug-likeness (QED) is 0.322. The van der Waals surface area contributed by atoms with E-state index in [1.54, 1.807) is 0 Å². The number of nitrogens with zero attached hydrogens (tertiary/aromatic N) is 1. The van der Waals surface area contributed by atoms with Gasteiger partial charge in [0.2, 0.25) is 0 Å². The number of hydrogen-bond donors (Lipinski definition) is 1. The van der Waals surface area contributed by atoms with Crippen molar-refractivity contribution in [2.24, 2.45) is 5.92 Å². The molecule has 0 spiro atoms. The third kappa shape index (κ3) is 7.26. The van der Waals surface area contributed by atoms with E-state index < -0.39 is 5.97 Å². The average molecular weight is 512 g/mol. The molecule has 1 heterocycles. The Kier molecular flexibility index (Phi) is 9.70. The third-order valence-corrected chi connectivity index (χ3v) is 7.24. The highest BCUT2D eigenvalue weighted by molar-refractivity contribution is 6.30. The number of ketones is 1. The molecular weight excluding hydrogens is 478 g/mol. The first-order valence-electron chi connectivity index (χ1n) is 12.7. The molecule has 0 unspecified atom stereocenters. The molecule has 192 valence electrons. The maximum absolute atomic E-state index is 13.1. The SMILES string of the molecule is O=C(O)CCC/C=C\C[C@H]1[C@@H](OCc2ccc(-c3ccc(Cl)cc3)cc2)CC(=O)[C@@H]1N1CCOCC1. The van der Waals surface area contributed by atoms with Gasteiger partial charge in [0.25, 0.3) is 0 Å². The molecule has 0 amide bonds. The van der Waals surface area contributed by atoms with E-state index >= 15 is 0 Å². The Morgan fingerprint density at radius 1 is 1.06 bits per heavy atom. The lowest BCUT2D eigenvalue weighted by atomic mass is 9.95. The van der Waals surface area contributed by atoms with Crippen LogP contribution in [0.4, 0.5) is 0 Å². The highest BCUT2D eigenvalue weighted by atomic mass is 35.5. The van der Waals surface area contributed by atoms with E-state index in [1.165, 1.54) is 0 Å². The first-order chi connectivity index (χ1) is 17.5. The van der Waals surface area contributed by atoms with Gasteiger partial charge in [0.15, 0.2) is 5.78 Å². The van der Waals surface area contributed by atoms with Crippen molar-refractivity contribution in [3.05, 3.63) is 71.3 Å². The normalized spacial score (nSPS) is 22.9. The van der Waals surface area contributed by atoms with Crippen molar-refractivity contribution >= 4 is 23.4 Å². The first kappa shape index (κ1) is 26.6. The number of benzene rings is 2. The zero-order valence-electron chi connectivity index (χ0n) is 20.5. The summed E-state index contributed by atoms with van der Waals surface area (Å²) < 4.78 is 11.9. The number of carbonyl (C=O) groups excluding carboxylic acids is 1. The summed E-state index contributed by atoms with van der Waals surface area (Å²) in [6, 6.07) is 15.9. The Hall–Kier alpha value is -2.51. The Labute approximate surface area is 217 Å². The number of ether oxygens (including phenoxy) is 2. The highest BCUT2D eigenvalue weighted by Crippen LogP contribution is 2.34. The number of unbranched alkanes of at least 4 members (excludes halogenated alkanes) is 1. The van der Waals surface area contributed by atoms with Gasteiger partial charge >= 0.3 is 5.97 Å². The van der Waals surface area contributed by atoms with Crippen molar-refractivity contribution in [3.63, 3.8) is 0 Å². The smallest absolute Gasteiger partial charge is 0.303 e. The van der Waals surface area contributed by atoms with E-state index in [4.69, 9.17) is 26.2 Å². The lowest BCUT2D eigenvalue weighted by Crippen LogP contribution is -2.49. The summed E-state index contributed by atoms with van der Waals surface area (Å²) in [4.78, 5) is 26.1. The van der Waals surface area contributed by atoms with Gasteiger partial charge in [-0.1, -0.05) is 60.2 Å². The number of allylic oxidation sites excluding steroid dienone is 2. The average Bonchev–Trinajstić information content (AvgIpc) is 3.20. The summed E-state index contributed by atoms with van der Waals surface area (Å²) in [6.45, 7) is 3.26. The van der Waals surface area contributed by atoms with Gasteiger partial charge in [-0.3, -0.25) is 14.5 Å². The predicted octanol–water partition coefficient (Wildman–Crippen LogP) is 5.38. The number of carboxylic acids is 1.